The van der Waals surface area contributed by atoms with E-state index in [2.05, 4.69) is 22.4 Å². The molecule has 112 valence electrons. The number of nitrogens with one attached hydrogen (secondary N) is 1. The molecule has 0 saturated carbocycles. The van der Waals surface area contributed by atoms with Crippen LogP contribution in [0.3, 0.4) is 0 Å². The summed E-state index contributed by atoms with van der Waals surface area (Å²) < 4.78 is 5.72. The summed E-state index contributed by atoms with van der Waals surface area (Å²) in [5, 5.41) is 11.2. The molecule has 1 unspecified atom stereocenters. The first kappa shape index (κ1) is 15.6. The number of hydrogen-bond donors (Lipinski definition) is 1. The van der Waals surface area contributed by atoms with Gasteiger partial charge >= 0.3 is 0 Å². The number of thioether (sulfide) groups is 1. The van der Waals surface area contributed by atoms with Crippen LogP contribution in [0.2, 0.25) is 0 Å². The second-order valence-electron chi connectivity index (χ2n) is 4.64. The highest BCUT2D eigenvalue weighted by molar-refractivity contribution is 8.15. The molecule has 1 amide bonds. The lowest BCUT2D eigenvalue weighted by atomic mass is 10.2. The third-order valence-electron chi connectivity index (χ3n) is 2.91. The van der Waals surface area contributed by atoms with Crippen molar-refractivity contribution in [2.24, 2.45) is 10.2 Å². The molecule has 1 fully saturated rings. The zero-order valence-electron chi connectivity index (χ0n) is 12.2. The Morgan fingerprint density at radius 2 is 2.24 bits per heavy atom. The smallest absolute Gasteiger partial charge is 0.239 e. The van der Waals surface area contributed by atoms with Crippen LogP contribution in [0.25, 0.3) is 0 Å². The lowest BCUT2D eigenvalue weighted by Crippen LogP contribution is -2.23. The van der Waals surface area contributed by atoms with Gasteiger partial charge in [0.25, 0.3) is 0 Å². The Hall–Kier alpha value is -1.82. The maximum absolute atomic E-state index is 11.3. The highest BCUT2D eigenvalue weighted by Crippen LogP contribution is 2.19. The molecule has 6 heteroatoms. The second kappa shape index (κ2) is 7.83. The molecule has 0 radical (unpaired) electrons. The van der Waals surface area contributed by atoms with Gasteiger partial charge in [-0.3, -0.25) is 4.79 Å². The summed E-state index contributed by atoms with van der Waals surface area (Å²) in [4.78, 5) is 11.3. The van der Waals surface area contributed by atoms with Crippen molar-refractivity contribution in [3.05, 3.63) is 29.8 Å². The third kappa shape index (κ3) is 4.60. The van der Waals surface area contributed by atoms with Gasteiger partial charge in [-0.15, -0.1) is 5.10 Å². The van der Waals surface area contributed by atoms with Gasteiger partial charge in [-0.05, 0) is 25.5 Å². The minimum absolute atomic E-state index is 0.0303. The molecule has 2 rings (SSSR count). The number of benzene rings is 1. The Morgan fingerprint density at radius 1 is 1.43 bits per heavy atom. The maximum atomic E-state index is 11.3. The summed E-state index contributed by atoms with van der Waals surface area (Å²) in [6.45, 7) is 4.66. The molecular formula is C15H19N3O2S. The minimum Gasteiger partial charge on any atom is -0.493 e. The molecule has 0 bridgehead atoms. The topological polar surface area (TPSA) is 63.1 Å². The number of para-hydroxylation sites is 1. The van der Waals surface area contributed by atoms with E-state index in [4.69, 9.17) is 4.74 Å². The molecule has 1 atom stereocenters. The zero-order chi connectivity index (χ0) is 15.1. The van der Waals surface area contributed by atoms with Gasteiger partial charge in [-0.2, -0.15) is 5.10 Å². The van der Waals surface area contributed by atoms with Crippen LogP contribution >= 0.6 is 11.8 Å². The fourth-order valence-corrected chi connectivity index (χ4v) is 2.45. The van der Waals surface area contributed by atoms with Crippen molar-refractivity contribution in [1.29, 1.82) is 0 Å². The molecule has 21 heavy (non-hydrogen) atoms. The Morgan fingerprint density at radius 3 is 2.95 bits per heavy atom. The molecular weight excluding hydrogens is 286 g/mol. The van der Waals surface area contributed by atoms with Gasteiger partial charge in [0.05, 0.1) is 18.1 Å². The van der Waals surface area contributed by atoms with Crippen molar-refractivity contribution >= 4 is 29.1 Å². The summed E-state index contributed by atoms with van der Waals surface area (Å²) in [5.74, 6) is 0.767. The Labute approximate surface area is 128 Å². The lowest BCUT2D eigenvalue weighted by Gasteiger charge is -2.07. The van der Waals surface area contributed by atoms with Gasteiger partial charge < -0.3 is 10.1 Å². The monoisotopic (exact) mass is 305 g/mol. The Balaban J connectivity index is 2.00. The van der Waals surface area contributed by atoms with Crippen LogP contribution in [-0.2, 0) is 4.79 Å². The summed E-state index contributed by atoms with van der Waals surface area (Å²) in [6, 6.07) is 7.70. The second-order valence-corrected chi connectivity index (χ2v) is 5.97. The van der Waals surface area contributed by atoms with E-state index in [9.17, 15) is 4.79 Å². The van der Waals surface area contributed by atoms with Crippen molar-refractivity contribution in [3.63, 3.8) is 0 Å². The first-order chi connectivity index (χ1) is 10.2. The number of rotatable bonds is 6. The molecule has 1 aliphatic rings. The van der Waals surface area contributed by atoms with Gasteiger partial charge in [0, 0.05) is 5.56 Å². The van der Waals surface area contributed by atoms with E-state index in [1.165, 1.54) is 11.8 Å². The highest BCUT2D eigenvalue weighted by Gasteiger charge is 2.25. The van der Waals surface area contributed by atoms with Crippen molar-refractivity contribution in [2.45, 2.75) is 31.9 Å². The van der Waals surface area contributed by atoms with Gasteiger partial charge in [0.2, 0.25) is 5.91 Å². The Bertz CT molecular complexity index is 558. The fourth-order valence-electron chi connectivity index (χ4n) is 1.69. The fraction of sp³-hybridized carbons (Fsp3) is 0.400. The van der Waals surface area contributed by atoms with Gasteiger partial charge in [0.15, 0.2) is 5.17 Å². The number of ether oxygens (including phenoxy) is 1. The molecule has 5 nitrogen and oxygen atoms in total. The summed E-state index contributed by atoms with van der Waals surface area (Å²) in [5.41, 5.74) is 0.875. The van der Waals surface area contributed by atoms with Crippen molar-refractivity contribution in [3.8, 4) is 5.75 Å². The van der Waals surface area contributed by atoms with Crippen LogP contribution in [0.5, 0.6) is 5.75 Å². The van der Waals surface area contributed by atoms with Crippen molar-refractivity contribution in [1.82, 2.24) is 5.32 Å². The number of hydrogen-bond acceptors (Lipinski definition) is 5. The first-order valence-electron chi connectivity index (χ1n) is 7.01. The predicted octanol–water partition coefficient (Wildman–Crippen LogP) is 2.81. The molecule has 1 aliphatic heterocycles. The molecule has 1 N–H and O–H groups in total. The van der Waals surface area contributed by atoms with E-state index < -0.39 is 0 Å². The quantitative estimate of drug-likeness (QED) is 0.499. The van der Waals surface area contributed by atoms with Crippen LogP contribution < -0.4 is 10.1 Å². The number of carbonyl (C=O) groups excluding carboxylic acids is 1. The van der Waals surface area contributed by atoms with Crippen LogP contribution in [0.4, 0.5) is 0 Å². The number of carbonyl (C=O) groups is 1. The van der Waals surface area contributed by atoms with E-state index in [0.29, 0.717) is 11.8 Å². The average Bonchev–Trinajstić information content (AvgIpc) is 2.79. The molecule has 1 saturated heterocycles. The Kier molecular flexibility index (Phi) is 5.80. The van der Waals surface area contributed by atoms with Crippen molar-refractivity contribution < 1.29 is 9.53 Å². The number of amidine groups is 1. The van der Waals surface area contributed by atoms with Gasteiger partial charge in [0.1, 0.15) is 5.75 Å². The maximum Gasteiger partial charge on any atom is 0.239 e. The number of amides is 1. The van der Waals surface area contributed by atoms with E-state index >= 15 is 0 Å². The minimum atomic E-state index is -0.108. The summed E-state index contributed by atoms with van der Waals surface area (Å²) in [6.07, 6.45) is 3.76. The average molecular weight is 305 g/mol. The molecule has 0 spiro atoms. The van der Waals surface area contributed by atoms with E-state index in [-0.39, 0.29) is 11.2 Å². The third-order valence-corrected chi connectivity index (χ3v) is 3.88. The summed E-state index contributed by atoms with van der Waals surface area (Å²) >= 11 is 1.37. The SMILES string of the molecule is CCCCOc1ccccc1/C=N/N=C1\NC(=O)C(C)S1. The van der Waals surface area contributed by atoms with E-state index in [1.807, 2.05) is 31.2 Å². The van der Waals surface area contributed by atoms with E-state index in [0.717, 1.165) is 24.2 Å². The van der Waals surface area contributed by atoms with Crippen LogP contribution in [0, 0.1) is 0 Å². The molecule has 1 aromatic rings. The predicted molar refractivity (Wildman–Crippen MR) is 87.1 cm³/mol. The number of nitrogens with zero attached hydrogens (tertiary/aromatic N) is 2. The summed E-state index contributed by atoms with van der Waals surface area (Å²) in [7, 11) is 0. The highest BCUT2D eigenvalue weighted by atomic mass is 32.2. The van der Waals surface area contributed by atoms with Crippen molar-refractivity contribution in [2.75, 3.05) is 6.61 Å². The van der Waals surface area contributed by atoms with Crippen LogP contribution in [0.1, 0.15) is 32.3 Å². The largest absolute Gasteiger partial charge is 0.493 e. The molecule has 1 heterocycles. The van der Waals surface area contributed by atoms with Gasteiger partial charge in [-0.25, -0.2) is 0 Å². The molecule has 0 aliphatic carbocycles. The van der Waals surface area contributed by atoms with E-state index in [1.54, 1.807) is 6.21 Å². The normalized spacial score (nSPS) is 20.2. The van der Waals surface area contributed by atoms with Gasteiger partial charge in [-0.1, -0.05) is 37.2 Å². The number of unbranched alkanes of at least 4 members (excludes halogenated alkanes) is 1. The standard InChI is InChI=1S/C15H19N3O2S/c1-3-4-9-20-13-8-6-5-7-12(13)10-16-18-15-17-14(19)11(2)21-15/h5-8,10-11H,3-4,9H2,1-2H3,(H,17,18,19)/b16-10+. The lowest BCUT2D eigenvalue weighted by molar-refractivity contribution is -0.118. The molecule has 1 aromatic carbocycles. The first-order valence-corrected chi connectivity index (χ1v) is 7.89. The van der Waals surface area contributed by atoms with Crippen LogP contribution in [-0.4, -0.2) is 29.1 Å². The van der Waals surface area contributed by atoms with Crippen LogP contribution in [0.15, 0.2) is 34.5 Å². The zero-order valence-corrected chi connectivity index (χ0v) is 13.0. The molecule has 0 aromatic heterocycles.